The molecule has 19 heavy (non-hydrogen) atoms. The van der Waals surface area contributed by atoms with Gasteiger partial charge in [-0.3, -0.25) is 9.97 Å². The van der Waals surface area contributed by atoms with E-state index >= 15 is 0 Å². The molecule has 0 saturated heterocycles. The number of halogens is 1. The van der Waals surface area contributed by atoms with Crippen LogP contribution in [0.4, 0.5) is 0 Å². The molecule has 2 aromatic heterocycles. The predicted molar refractivity (Wildman–Crippen MR) is 79.0 cm³/mol. The average Bonchev–Trinajstić information content (AvgIpc) is 2.46. The predicted octanol–water partition coefficient (Wildman–Crippen LogP) is 4.33. The standard InChI is InChI=1S/C7H6N2.C6H6ClN.C2H6/c1-6-2-3-7(4-8)5-9-6;1-5-2-3-6(7)4-8-5;1-2/h2-3,5H,1H3;2-4H,1H3;1-2H3. The molecule has 2 aromatic rings. The lowest BCUT2D eigenvalue weighted by Gasteiger charge is -1.87. The molecule has 4 heteroatoms. The molecule has 0 aliphatic carbocycles. The van der Waals surface area contributed by atoms with Crippen molar-refractivity contribution in [3.8, 4) is 6.07 Å². The van der Waals surface area contributed by atoms with Gasteiger partial charge in [0.05, 0.1) is 10.6 Å². The fourth-order valence-electron chi connectivity index (χ4n) is 0.984. The smallest absolute Gasteiger partial charge is 0.101 e. The molecule has 3 nitrogen and oxygen atoms in total. The first-order valence-corrected chi connectivity index (χ1v) is 6.40. The lowest BCUT2D eigenvalue weighted by atomic mass is 10.3. The molecule has 0 atom stereocenters. The highest BCUT2D eigenvalue weighted by molar-refractivity contribution is 6.30. The van der Waals surface area contributed by atoms with E-state index in [0.29, 0.717) is 10.6 Å². The van der Waals surface area contributed by atoms with Crippen molar-refractivity contribution in [2.75, 3.05) is 0 Å². The van der Waals surface area contributed by atoms with E-state index in [-0.39, 0.29) is 0 Å². The Labute approximate surface area is 119 Å². The molecule has 2 rings (SSSR count). The summed E-state index contributed by atoms with van der Waals surface area (Å²) < 4.78 is 0. The third-order valence-electron chi connectivity index (χ3n) is 1.92. The average molecular weight is 276 g/mol. The van der Waals surface area contributed by atoms with Gasteiger partial charge in [0, 0.05) is 23.8 Å². The Hall–Kier alpha value is -1.92. The van der Waals surface area contributed by atoms with Gasteiger partial charge in [0.2, 0.25) is 0 Å². The zero-order chi connectivity index (χ0) is 14.7. The van der Waals surface area contributed by atoms with Crippen molar-refractivity contribution >= 4 is 11.6 Å². The molecule has 0 unspecified atom stereocenters. The highest BCUT2D eigenvalue weighted by Gasteiger charge is 1.86. The second kappa shape index (κ2) is 10.0. The van der Waals surface area contributed by atoms with Crippen LogP contribution in [0.3, 0.4) is 0 Å². The van der Waals surface area contributed by atoms with E-state index in [1.807, 2.05) is 52.0 Å². The summed E-state index contributed by atoms with van der Waals surface area (Å²) in [4.78, 5) is 7.87. The minimum absolute atomic E-state index is 0.612. The molecule has 0 radical (unpaired) electrons. The number of rotatable bonds is 0. The lowest BCUT2D eigenvalue weighted by Crippen LogP contribution is -1.79. The van der Waals surface area contributed by atoms with E-state index in [2.05, 4.69) is 9.97 Å². The first kappa shape index (κ1) is 17.1. The maximum Gasteiger partial charge on any atom is 0.101 e. The van der Waals surface area contributed by atoms with Crippen molar-refractivity contribution in [3.05, 3.63) is 58.6 Å². The third kappa shape index (κ3) is 7.91. The summed E-state index contributed by atoms with van der Waals surface area (Å²) >= 11 is 5.55. The molecular formula is C15H18ClN3. The molecule has 0 fully saturated rings. The summed E-state index contributed by atoms with van der Waals surface area (Å²) in [7, 11) is 0. The summed E-state index contributed by atoms with van der Waals surface area (Å²) in [5.74, 6) is 0. The Morgan fingerprint density at radius 2 is 1.47 bits per heavy atom. The second-order valence-corrected chi connectivity index (χ2v) is 3.85. The molecule has 0 spiro atoms. The molecule has 0 N–H and O–H groups in total. The molecule has 0 aliphatic heterocycles. The Kier molecular flexibility index (Phi) is 9.03. The first-order valence-electron chi connectivity index (χ1n) is 6.02. The van der Waals surface area contributed by atoms with Gasteiger partial charge in [-0.05, 0) is 38.1 Å². The van der Waals surface area contributed by atoms with Crippen LogP contribution in [0.1, 0.15) is 30.8 Å². The van der Waals surface area contributed by atoms with Crippen LogP contribution in [0.2, 0.25) is 5.02 Å². The number of nitriles is 1. The number of nitrogens with zero attached hydrogens (tertiary/aromatic N) is 3. The van der Waals surface area contributed by atoms with Gasteiger partial charge in [0.15, 0.2) is 0 Å². The SMILES string of the molecule is CC.Cc1ccc(C#N)cn1.Cc1ccc(Cl)cn1. The van der Waals surface area contributed by atoms with Crippen molar-refractivity contribution in [2.45, 2.75) is 27.7 Å². The number of hydrogen-bond acceptors (Lipinski definition) is 3. The maximum absolute atomic E-state index is 8.34. The van der Waals surface area contributed by atoms with Crippen LogP contribution in [0, 0.1) is 25.2 Å². The fourth-order valence-corrected chi connectivity index (χ4v) is 1.10. The van der Waals surface area contributed by atoms with Crippen molar-refractivity contribution in [3.63, 3.8) is 0 Å². The van der Waals surface area contributed by atoms with Crippen molar-refractivity contribution < 1.29 is 0 Å². The van der Waals surface area contributed by atoms with E-state index < -0.39 is 0 Å². The van der Waals surface area contributed by atoms with Crippen LogP contribution in [-0.2, 0) is 0 Å². The summed E-state index contributed by atoms with van der Waals surface area (Å²) in [5.41, 5.74) is 2.55. The number of hydrogen-bond donors (Lipinski definition) is 0. The Balaban J connectivity index is 0.000000303. The molecule has 2 heterocycles. The van der Waals surface area contributed by atoms with E-state index in [9.17, 15) is 0 Å². The molecule has 0 bridgehead atoms. The number of aryl methyl sites for hydroxylation is 2. The molecule has 0 saturated carbocycles. The number of aromatic nitrogens is 2. The topological polar surface area (TPSA) is 49.6 Å². The van der Waals surface area contributed by atoms with Gasteiger partial charge in [-0.2, -0.15) is 5.26 Å². The zero-order valence-electron chi connectivity index (χ0n) is 11.7. The van der Waals surface area contributed by atoms with Crippen LogP contribution in [0.5, 0.6) is 0 Å². The van der Waals surface area contributed by atoms with Crippen LogP contribution in [0.15, 0.2) is 36.7 Å². The minimum atomic E-state index is 0.612. The zero-order valence-corrected chi connectivity index (χ0v) is 12.4. The Morgan fingerprint density at radius 1 is 0.947 bits per heavy atom. The van der Waals surface area contributed by atoms with Gasteiger partial charge in [0.1, 0.15) is 6.07 Å². The molecule has 100 valence electrons. The van der Waals surface area contributed by atoms with E-state index in [1.165, 1.54) is 0 Å². The van der Waals surface area contributed by atoms with Crippen LogP contribution >= 0.6 is 11.6 Å². The van der Waals surface area contributed by atoms with Crippen LogP contribution in [-0.4, -0.2) is 9.97 Å². The van der Waals surface area contributed by atoms with Crippen LogP contribution < -0.4 is 0 Å². The van der Waals surface area contributed by atoms with Gasteiger partial charge in [-0.25, -0.2) is 0 Å². The highest BCUT2D eigenvalue weighted by atomic mass is 35.5. The number of pyridine rings is 2. The van der Waals surface area contributed by atoms with E-state index in [4.69, 9.17) is 16.9 Å². The highest BCUT2D eigenvalue weighted by Crippen LogP contribution is 2.04. The van der Waals surface area contributed by atoms with Crippen molar-refractivity contribution in [2.24, 2.45) is 0 Å². The van der Waals surface area contributed by atoms with Gasteiger partial charge < -0.3 is 0 Å². The maximum atomic E-state index is 8.34. The summed E-state index contributed by atoms with van der Waals surface area (Å²) in [6.07, 6.45) is 3.20. The summed E-state index contributed by atoms with van der Waals surface area (Å²) in [6, 6.07) is 9.26. The Morgan fingerprint density at radius 3 is 1.79 bits per heavy atom. The van der Waals surface area contributed by atoms with E-state index in [1.54, 1.807) is 18.5 Å². The Bertz CT molecular complexity index is 477. The summed E-state index contributed by atoms with van der Waals surface area (Å²) in [5, 5.41) is 9.03. The van der Waals surface area contributed by atoms with Gasteiger partial charge in [-0.15, -0.1) is 0 Å². The molecule has 0 aliphatic rings. The quantitative estimate of drug-likeness (QED) is 0.719. The fraction of sp³-hybridized carbons (Fsp3) is 0.267. The lowest BCUT2D eigenvalue weighted by molar-refractivity contribution is 1.19. The monoisotopic (exact) mass is 275 g/mol. The van der Waals surface area contributed by atoms with Gasteiger partial charge >= 0.3 is 0 Å². The van der Waals surface area contributed by atoms with Crippen LogP contribution in [0.25, 0.3) is 0 Å². The first-order chi connectivity index (χ1) is 9.11. The van der Waals surface area contributed by atoms with Gasteiger partial charge in [-0.1, -0.05) is 25.4 Å². The molecular weight excluding hydrogens is 258 g/mol. The largest absolute Gasteiger partial charge is 0.260 e. The molecule has 0 amide bonds. The van der Waals surface area contributed by atoms with Crippen molar-refractivity contribution in [1.29, 1.82) is 5.26 Å². The third-order valence-corrected chi connectivity index (χ3v) is 2.14. The summed E-state index contributed by atoms with van der Waals surface area (Å²) in [6.45, 7) is 7.82. The molecule has 0 aromatic carbocycles. The van der Waals surface area contributed by atoms with Crippen molar-refractivity contribution in [1.82, 2.24) is 9.97 Å². The minimum Gasteiger partial charge on any atom is -0.260 e. The van der Waals surface area contributed by atoms with E-state index in [0.717, 1.165) is 11.4 Å². The normalized spacial score (nSPS) is 8.21. The van der Waals surface area contributed by atoms with Gasteiger partial charge in [0.25, 0.3) is 0 Å². The second-order valence-electron chi connectivity index (χ2n) is 3.42.